The SMILES string of the molecule is Cc1cc(OCc2ccccc2)c(OCc2ccccc2)cc1C(=O)OCC(O)C[As]C(C)(C)COC(=O)[C@H]1CCOC1. The molecule has 0 saturated carbocycles. The Hall–Kier alpha value is -3.32. The fourth-order valence-corrected chi connectivity index (χ4v) is 6.39. The first-order valence-electron chi connectivity index (χ1n) is 14.5. The number of esters is 2. The number of aliphatic hydroxyl groups excluding tert-OH is 1. The average Bonchev–Trinajstić information content (AvgIpc) is 3.56. The summed E-state index contributed by atoms with van der Waals surface area (Å²) in [5, 5.41) is 11.1. The molecule has 4 rings (SSSR count). The molecule has 1 radical (unpaired) electrons. The number of aliphatic hydroxyl groups is 1. The topological polar surface area (TPSA) is 101 Å². The van der Waals surface area contributed by atoms with E-state index in [0.717, 1.165) is 11.1 Å². The Morgan fingerprint density at radius 3 is 2.14 bits per heavy atom. The first-order chi connectivity index (χ1) is 20.7. The Bertz CT molecular complexity index is 1320. The summed E-state index contributed by atoms with van der Waals surface area (Å²) in [6.45, 7) is 7.68. The summed E-state index contributed by atoms with van der Waals surface area (Å²) in [5.74, 6) is 0.0121. The summed E-state index contributed by atoms with van der Waals surface area (Å²) in [4.78, 5) is 25.3. The van der Waals surface area contributed by atoms with Crippen molar-refractivity contribution >= 4 is 27.7 Å². The molecule has 229 valence electrons. The zero-order chi connectivity index (χ0) is 30.7. The fourth-order valence-electron chi connectivity index (χ4n) is 4.36. The van der Waals surface area contributed by atoms with Gasteiger partial charge in [0, 0.05) is 0 Å². The van der Waals surface area contributed by atoms with Crippen molar-refractivity contribution in [2.24, 2.45) is 5.92 Å². The van der Waals surface area contributed by atoms with Crippen molar-refractivity contribution in [1.82, 2.24) is 0 Å². The van der Waals surface area contributed by atoms with Crippen molar-refractivity contribution in [2.45, 2.75) is 55.9 Å². The van der Waals surface area contributed by atoms with E-state index in [-0.39, 0.29) is 38.4 Å². The third-order valence-corrected chi connectivity index (χ3v) is 10.3. The van der Waals surface area contributed by atoms with Crippen LogP contribution in [0.3, 0.4) is 0 Å². The number of hydrogen-bond donors (Lipinski definition) is 1. The molecular weight excluding hydrogens is 611 g/mol. The first-order valence-corrected chi connectivity index (χ1v) is 16.7. The molecule has 0 amide bonds. The van der Waals surface area contributed by atoms with Crippen LogP contribution in [0.4, 0.5) is 0 Å². The number of benzene rings is 3. The maximum atomic E-state index is 13.1. The molecule has 2 atom stereocenters. The third-order valence-electron chi connectivity index (χ3n) is 6.95. The van der Waals surface area contributed by atoms with Gasteiger partial charge in [-0.05, 0) is 0 Å². The number of aryl methyl sites for hydroxylation is 1. The minimum absolute atomic E-state index is 0.129. The zero-order valence-corrected chi connectivity index (χ0v) is 26.9. The van der Waals surface area contributed by atoms with E-state index in [9.17, 15) is 14.7 Å². The fraction of sp³-hybridized carbons (Fsp3) is 0.412. The van der Waals surface area contributed by atoms with Crippen LogP contribution >= 0.6 is 0 Å². The predicted octanol–water partition coefficient (Wildman–Crippen LogP) is 5.57. The Labute approximate surface area is 260 Å². The maximum absolute atomic E-state index is 13.1. The Morgan fingerprint density at radius 2 is 1.56 bits per heavy atom. The van der Waals surface area contributed by atoms with Gasteiger partial charge in [0.15, 0.2) is 0 Å². The Balaban J connectivity index is 1.33. The number of rotatable bonds is 15. The quantitative estimate of drug-likeness (QED) is 0.168. The number of ether oxygens (including phenoxy) is 5. The number of carbonyl (C=O) groups excluding carboxylic acids is 2. The molecule has 1 heterocycles. The van der Waals surface area contributed by atoms with Gasteiger partial charge in [-0.2, -0.15) is 0 Å². The van der Waals surface area contributed by atoms with Crippen molar-refractivity contribution in [3.05, 3.63) is 95.1 Å². The van der Waals surface area contributed by atoms with E-state index in [1.165, 1.54) is 0 Å². The van der Waals surface area contributed by atoms with Crippen LogP contribution in [0.5, 0.6) is 11.5 Å². The molecule has 8 nitrogen and oxygen atoms in total. The summed E-state index contributed by atoms with van der Waals surface area (Å²) < 4.78 is 28.3. The third kappa shape index (κ3) is 10.4. The van der Waals surface area contributed by atoms with Gasteiger partial charge in [-0.15, -0.1) is 0 Å². The van der Waals surface area contributed by atoms with Gasteiger partial charge in [-0.3, -0.25) is 0 Å². The van der Waals surface area contributed by atoms with Crippen LogP contribution in [0.15, 0.2) is 72.8 Å². The summed E-state index contributed by atoms with van der Waals surface area (Å²) in [7, 11) is 0. The second-order valence-electron chi connectivity index (χ2n) is 11.2. The van der Waals surface area contributed by atoms with Gasteiger partial charge < -0.3 is 0 Å². The minimum atomic E-state index is -0.815. The van der Waals surface area contributed by atoms with Crippen molar-refractivity contribution in [3.63, 3.8) is 0 Å². The van der Waals surface area contributed by atoms with Gasteiger partial charge >= 0.3 is 212 Å². The molecule has 1 aliphatic rings. The molecular formula is C34H40AsO8. The van der Waals surface area contributed by atoms with Crippen molar-refractivity contribution < 1.29 is 38.4 Å². The number of carbonyl (C=O) groups is 2. The van der Waals surface area contributed by atoms with Gasteiger partial charge in [-0.25, -0.2) is 0 Å². The predicted molar refractivity (Wildman–Crippen MR) is 164 cm³/mol. The van der Waals surface area contributed by atoms with Crippen LogP contribution in [0.25, 0.3) is 0 Å². The molecule has 43 heavy (non-hydrogen) atoms. The average molecular weight is 652 g/mol. The van der Waals surface area contributed by atoms with Gasteiger partial charge in [0.25, 0.3) is 0 Å². The van der Waals surface area contributed by atoms with E-state index in [4.69, 9.17) is 23.7 Å². The zero-order valence-electron chi connectivity index (χ0n) is 25.0. The van der Waals surface area contributed by atoms with Crippen LogP contribution in [0, 0.1) is 12.8 Å². The summed E-state index contributed by atoms with van der Waals surface area (Å²) in [6.07, 6.45) is -0.120. The summed E-state index contributed by atoms with van der Waals surface area (Å²) >= 11 is -0.381. The molecule has 0 aromatic heterocycles. The normalized spacial score (nSPS) is 15.8. The van der Waals surface area contributed by atoms with Crippen LogP contribution in [0.1, 0.15) is 47.3 Å². The second-order valence-corrected chi connectivity index (χ2v) is 15.2. The molecule has 1 saturated heterocycles. The van der Waals surface area contributed by atoms with E-state index in [2.05, 4.69) is 0 Å². The second kappa shape index (κ2) is 15.9. The van der Waals surface area contributed by atoms with Gasteiger partial charge in [0.2, 0.25) is 0 Å². The number of hydrogen-bond acceptors (Lipinski definition) is 8. The molecule has 1 fully saturated rings. The Morgan fingerprint density at radius 1 is 0.953 bits per heavy atom. The van der Waals surface area contributed by atoms with Gasteiger partial charge in [-0.1, -0.05) is 48.5 Å². The van der Waals surface area contributed by atoms with E-state index >= 15 is 0 Å². The molecule has 1 aliphatic heterocycles. The molecule has 1 unspecified atom stereocenters. The summed E-state index contributed by atoms with van der Waals surface area (Å²) in [5.41, 5.74) is 3.02. The van der Waals surface area contributed by atoms with Crippen molar-refractivity contribution in [2.75, 3.05) is 26.4 Å². The molecule has 3 aromatic rings. The van der Waals surface area contributed by atoms with E-state index < -0.39 is 12.1 Å². The first kappa shape index (κ1) is 32.6. The monoisotopic (exact) mass is 651 g/mol. The molecule has 0 bridgehead atoms. The van der Waals surface area contributed by atoms with E-state index in [1.807, 2.05) is 81.4 Å². The van der Waals surface area contributed by atoms with Crippen LogP contribution < -0.4 is 9.47 Å². The van der Waals surface area contributed by atoms with Crippen molar-refractivity contribution in [1.29, 1.82) is 0 Å². The van der Waals surface area contributed by atoms with Gasteiger partial charge in [0.1, 0.15) is 0 Å². The van der Waals surface area contributed by atoms with Crippen LogP contribution in [0.2, 0.25) is 9.41 Å². The van der Waals surface area contributed by atoms with E-state index in [1.54, 1.807) is 12.1 Å². The molecule has 0 aliphatic carbocycles. The van der Waals surface area contributed by atoms with E-state index in [0.29, 0.717) is 67.3 Å². The summed E-state index contributed by atoms with van der Waals surface area (Å²) in [6, 6.07) is 23.0. The van der Waals surface area contributed by atoms with Gasteiger partial charge in [0.05, 0.1) is 0 Å². The standard InChI is InChI=1S/C34H40AsO8/c1-24-16-30(40-19-25-10-6-4-7-11-25)31(41-20-26-12-8-5-9-13-26)17-29(24)33(38)42-22-28(36)18-35-34(2,3)23-43-32(37)27-14-15-39-21-27/h4-13,16-17,27-28,36H,14-15,18-23H2,1-3H3/t27-,28?/m0/s1. The molecule has 9 heteroatoms. The van der Waals surface area contributed by atoms with Crippen molar-refractivity contribution in [3.8, 4) is 11.5 Å². The molecule has 3 aromatic carbocycles. The van der Waals surface area contributed by atoms with Crippen LogP contribution in [-0.4, -0.2) is 65.3 Å². The molecule has 0 spiro atoms. The van der Waals surface area contributed by atoms with Crippen LogP contribution in [-0.2, 0) is 32.2 Å². The molecule has 1 N–H and O–H groups in total. The Kier molecular flexibility index (Phi) is 12.1.